The molecule has 2 rings (SSSR count). The Bertz CT molecular complexity index is 175. The molecule has 3 N–H and O–H groups in total. The number of rotatable bonds is 0. The van der Waals surface area contributed by atoms with Crippen LogP contribution in [0.15, 0.2) is 0 Å². The van der Waals surface area contributed by atoms with Gasteiger partial charge in [0.2, 0.25) is 0 Å². The summed E-state index contributed by atoms with van der Waals surface area (Å²) in [5.74, 6) is 1.03. The number of hydrogen-bond donors (Lipinski definition) is 1. The highest BCUT2D eigenvalue weighted by atomic mass is 16.5. The zero-order chi connectivity index (χ0) is 12.8. The van der Waals surface area contributed by atoms with Crippen LogP contribution in [0.3, 0.4) is 0 Å². The molecule has 0 aromatic rings. The van der Waals surface area contributed by atoms with Crippen molar-refractivity contribution in [2.45, 2.75) is 60.0 Å². The lowest BCUT2D eigenvalue weighted by atomic mass is 9.59. The smallest absolute Gasteiger partial charge is 0.0594 e. The van der Waals surface area contributed by atoms with Crippen molar-refractivity contribution in [1.29, 1.82) is 0 Å². The fraction of sp³-hybridized carbons (Fsp3) is 1.00. The fourth-order valence-corrected chi connectivity index (χ4v) is 2.19. The summed E-state index contributed by atoms with van der Waals surface area (Å²) in [5.41, 5.74) is 0.847. The van der Waals surface area contributed by atoms with Gasteiger partial charge in [-0.05, 0) is 44.9 Å². The second kappa shape index (κ2) is 8.06. The van der Waals surface area contributed by atoms with Crippen LogP contribution in [0.2, 0.25) is 0 Å². The maximum atomic E-state index is 4.94. The van der Waals surface area contributed by atoms with Crippen LogP contribution in [0.1, 0.15) is 54.4 Å². The minimum atomic E-state index is 0. The minimum absolute atomic E-state index is 0. The molecule has 0 atom stereocenters. The third kappa shape index (κ3) is 7.02. The van der Waals surface area contributed by atoms with Crippen LogP contribution >= 0.6 is 0 Å². The van der Waals surface area contributed by atoms with E-state index >= 15 is 0 Å². The Morgan fingerprint density at radius 3 is 1.53 bits per heavy atom. The molecular weight excluding hydrogens is 214 g/mol. The van der Waals surface area contributed by atoms with E-state index in [1.54, 1.807) is 7.11 Å². The highest BCUT2D eigenvalue weighted by Crippen LogP contribution is 2.47. The summed E-state index contributed by atoms with van der Waals surface area (Å²) in [6.45, 7) is 15.0. The van der Waals surface area contributed by atoms with Crippen LogP contribution < -0.4 is 5.32 Å². The quantitative estimate of drug-likeness (QED) is 0.715. The molecule has 17 heavy (non-hydrogen) atoms. The van der Waals surface area contributed by atoms with Crippen molar-refractivity contribution in [2.75, 3.05) is 20.2 Å². The van der Waals surface area contributed by atoms with Crippen LogP contribution in [0, 0.1) is 11.3 Å². The van der Waals surface area contributed by atoms with E-state index in [4.69, 9.17) is 4.74 Å². The van der Waals surface area contributed by atoms with Gasteiger partial charge in [-0.3, -0.25) is 0 Å². The molecule has 0 unspecified atom stereocenters. The number of nitrogens with one attached hydrogen (secondary N) is 1. The predicted molar refractivity (Wildman–Crippen MR) is 75.4 cm³/mol. The topological polar surface area (TPSA) is 52.8 Å². The van der Waals surface area contributed by atoms with Gasteiger partial charge in [0.15, 0.2) is 0 Å². The number of ether oxygens (including phenoxy) is 1. The van der Waals surface area contributed by atoms with Gasteiger partial charge in [-0.2, -0.15) is 0 Å². The molecule has 1 saturated heterocycles. The van der Waals surface area contributed by atoms with E-state index in [1.165, 1.54) is 25.9 Å². The standard InChI is InChI=1S/C7H13N.C5H12O.C2H6.H2O/c1-6-2-7(3-6)4-8-5-7;1-5(2,3)6-4;1-2;/h6,8H,2-5H2,1H3;1-4H3;1-2H3;1H2. The zero-order valence-electron chi connectivity index (χ0n) is 12.8. The molecule has 1 aliphatic heterocycles. The summed E-state index contributed by atoms with van der Waals surface area (Å²) in [5, 5.41) is 3.32. The van der Waals surface area contributed by atoms with Gasteiger partial charge >= 0.3 is 0 Å². The Kier molecular flexibility index (Phi) is 9.12. The summed E-state index contributed by atoms with van der Waals surface area (Å²) >= 11 is 0. The first-order chi connectivity index (χ1) is 7.37. The van der Waals surface area contributed by atoms with Gasteiger partial charge in [-0.1, -0.05) is 20.8 Å². The molecule has 0 aromatic heterocycles. The van der Waals surface area contributed by atoms with Gasteiger partial charge in [0.25, 0.3) is 0 Å². The second-order valence-electron chi connectivity index (χ2n) is 5.93. The van der Waals surface area contributed by atoms with E-state index in [1.807, 2.05) is 34.6 Å². The van der Waals surface area contributed by atoms with E-state index in [-0.39, 0.29) is 11.1 Å². The highest BCUT2D eigenvalue weighted by molar-refractivity contribution is 5.00. The summed E-state index contributed by atoms with van der Waals surface area (Å²) in [6, 6.07) is 0. The molecule has 1 heterocycles. The Hall–Kier alpha value is -0.120. The van der Waals surface area contributed by atoms with Crippen LogP contribution in [0.5, 0.6) is 0 Å². The van der Waals surface area contributed by atoms with Crippen molar-refractivity contribution >= 4 is 0 Å². The first-order valence-corrected chi connectivity index (χ1v) is 6.63. The Morgan fingerprint density at radius 2 is 1.47 bits per heavy atom. The molecule has 0 amide bonds. The molecule has 3 nitrogen and oxygen atoms in total. The molecule has 3 heteroatoms. The number of methoxy groups -OCH3 is 1. The predicted octanol–water partition coefficient (Wildman–Crippen LogP) is 2.64. The third-order valence-corrected chi connectivity index (χ3v) is 3.18. The molecule has 2 fully saturated rings. The van der Waals surface area contributed by atoms with Crippen molar-refractivity contribution in [2.24, 2.45) is 11.3 Å². The minimum Gasteiger partial charge on any atom is -0.412 e. The monoisotopic (exact) mass is 247 g/mol. The normalized spacial score (nSPS) is 20.6. The Morgan fingerprint density at radius 1 is 1.12 bits per heavy atom. The van der Waals surface area contributed by atoms with Crippen molar-refractivity contribution in [3.63, 3.8) is 0 Å². The van der Waals surface area contributed by atoms with Crippen molar-refractivity contribution in [1.82, 2.24) is 5.32 Å². The molecule has 1 saturated carbocycles. The SMILES string of the molecule is CC.CC1CC2(CNC2)C1.COC(C)(C)C.O. The van der Waals surface area contributed by atoms with Gasteiger partial charge in [0, 0.05) is 20.2 Å². The molecule has 0 bridgehead atoms. The van der Waals surface area contributed by atoms with Crippen LogP contribution in [0.25, 0.3) is 0 Å². The van der Waals surface area contributed by atoms with E-state index in [9.17, 15) is 0 Å². The largest absolute Gasteiger partial charge is 0.412 e. The lowest BCUT2D eigenvalue weighted by Gasteiger charge is -2.53. The molecule has 1 aliphatic carbocycles. The van der Waals surface area contributed by atoms with Crippen molar-refractivity contribution in [3.05, 3.63) is 0 Å². The van der Waals surface area contributed by atoms with E-state index < -0.39 is 0 Å². The maximum Gasteiger partial charge on any atom is 0.0594 e. The van der Waals surface area contributed by atoms with Gasteiger partial charge < -0.3 is 15.5 Å². The van der Waals surface area contributed by atoms with E-state index in [2.05, 4.69) is 12.2 Å². The Labute approximate surface area is 108 Å². The first kappa shape index (κ1) is 19.2. The molecule has 106 valence electrons. The summed E-state index contributed by atoms with van der Waals surface area (Å²) in [6.07, 6.45) is 2.97. The molecule has 1 spiro atoms. The molecular formula is C14H33NO2. The van der Waals surface area contributed by atoms with Gasteiger partial charge in [0.05, 0.1) is 5.60 Å². The third-order valence-electron chi connectivity index (χ3n) is 3.18. The second-order valence-corrected chi connectivity index (χ2v) is 5.93. The fourth-order valence-electron chi connectivity index (χ4n) is 2.19. The van der Waals surface area contributed by atoms with E-state index in [0.29, 0.717) is 0 Å². The van der Waals surface area contributed by atoms with Crippen LogP contribution in [-0.2, 0) is 4.74 Å². The summed E-state index contributed by atoms with van der Waals surface area (Å²) in [4.78, 5) is 0. The van der Waals surface area contributed by atoms with Crippen LogP contribution in [-0.4, -0.2) is 31.3 Å². The molecule has 2 aliphatic rings. The van der Waals surface area contributed by atoms with Crippen molar-refractivity contribution in [3.8, 4) is 0 Å². The lowest BCUT2D eigenvalue weighted by molar-refractivity contribution is 0.00946. The highest BCUT2D eigenvalue weighted by Gasteiger charge is 2.46. The molecule has 0 radical (unpaired) electrons. The average molecular weight is 247 g/mol. The van der Waals surface area contributed by atoms with Gasteiger partial charge in [-0.15, -0.1) is 0 Å². The summed E-state index contributed by atoms with van der Waals surface area (Å²) < 4.78 is 4.94. The maximum absolute atomic E-state index is 4.94. The lowest BCUT2D eigenvalue weighted by Crippen LogP contribution is -2.59. The first-order valence-electron chi connectivity index (χ1n) is 6.63. The van der Waals surface area contributed by atoms with Crippen molar-refractivity contribution < 1.29 is 10.2 Å². The van der Waals surface area contributed by atoms with Crippen LogP contribution in [0.4, 0.5) is 0 Å². The van der Waals surface area contributed by atoms with E-state index in [0.717, 1.165) is 11.3 Å². The zero-order valence-corrected chi connectivity index (χ0v) is 12.8. The van der Waals surface area contributed by atoms with Gasteiger partial charge in [-0.25, -0.2) is 0 Å². The number of hydrogen-bond acceptors (Lipinski definition) is 2. The molecule has 0 aromatic carbocycles. The Balaban J connectivity index is 0. The summed E-state index contributed by atoms with van der Waals surface area (Å²) in [7, 11) is 1.71. The van der Waals surface area contributed by atoms with Gasteiger partial charge in [0.1, 0.15) is 0 Å². The average Bonchev–Trinajstić information content (AvgIpc) is 2.13.